The molecule has 0 unspecified atom stereocenters. The van der Waals surface area contributed by atoms with Crippen molar-refractivity contribution in [2.45, 2.75) is 6.42 Å². The van der Waals surface area contributed by atoms with Crippen LogP contribution in [0.3, 0.4) is 0 Å². The van der Waals surface area contributed by atoms with Gasteiger partial charge in [0.05, 0.1) is 0 Å². The lowest BCUT2D eigenvalue weighted by molar-refractivity contribution is 0.447. The predicted octanol–water partition coefficient (Wildman–Crippen LogP) is 3.45. The van der Waals surface area contributed by atoms with Crippen LogP contribution in [0.4, 0.5) is 0 Å². The van der Waals surface area contributed by atoms with E-state index in [1.54, 1.807) is 12.1 Å². The minimum atomic E-state index is 0.0792. The lowest BCUT2D eigenvalue weighted by Gasteiger charge is -2.05. The maximum absolute atomic E-state index is 9.65. The number of hydrogen-bond acceptors (Lipinski definition) is 2. The Morgan fingerprint density at radius 1 is 1.00 bits per heavy atom. The summed E-state index contributed by atoms with van der Waals surface area (Å²) in [6.45, 7) is 0. The topological polar surface area (TPSA) is 40.5 Å². The van der Waals surface area contributed by atoms with Crippen LogP contribution in [0.5, 0.6) is 11.5 Å². The Hall–Kier alpha value is -1.48. The molecule has 0 fully saturated rings. The molecule has 0 spiro atoms. The average Bonchev–Trinajstić information content (AvgIpc) is 2.22. The average molecular weight is 279 g/mol. The molecule has 0 bridgehead atoms. The van der Waals surface area contributed by atoms with Gasteiger partial charge in [-0.3, -0.25) is 0 Å². The molecule has 0 heterocycles. The number of aromatic hydroxyl groups is 2. The summed E-state index contributed by atoms with van der Waals surface area (Å²) in [5.74, 6) is 0.204. The second-order valence-electron chi connectivity index (χ2n) is 3.62. The van der Waals surface area contributed by atoms with Gasteiger partial charge < -0.3 is 10.2 Å². The van der Waals surface area contributed by atoms with E-state index in [0.29, 0.717) is 6.42 Å². The highest BCUT2D eigenvalue weighted by Crippen LogP contribution is 2.25. The predicted molar refractivity (Wildman–Crippen MR) is 66.7 cm³/mol. The van der Waals surface area contributed by atoms with Crippen molar-refractivity contribution in [2.24, 2.45) is 0 Å². The summed E-state index contributed by atoms with van der Waals surface area (Å²) in [5, 5.41) is 18.8. The molecule has 2 aromatic carbocycles. The zero-order chi connectivity index (χ0) is 11.5. The third-order valence-corrected chi connectivity index (χ3v) is 2.85. The van der Waals surface area contributed by atoms with E-state index in [9.17, 15) is 10.2 Å². The molecule has 16 heavy (non-hydrogen) atoms. The second-order valence-corrected chi connectivity index (χ2v) is 4.54. The molecule has 0 saturated heterocycles. The summed E-state index contributed by atoms with van der Waals surface area (Å²) in [6, 6.07) is 12.6. The molecule has 2 rings (SSSR count). The van der Waals surface area contributed by atoms with Crippen LogP contribution < -0.4 is 0 Å². The van der Waals surface area contributed by atoms with E-state index in [0.717, 1.165) is 15.6 Å². The van der Waals surface area contributed by atoms with E-state index in [2.05, 4.69) is 15.9 Å². The Morgan fingerprint density at radius 3 is 2.50 bits per heavy atom. The number of halogens is 1. The minimum Gasteiger partial charge on any atom is -0.508 e. The molecule has 0 saturated carbocycles. The van der Waals surface area contributed by atoms with Gasteiger partial charge in [0, 0.05) is 17.0 Å². The molecular formula is C13H11BrO2. The number of phenols is 2. The maximum Gasteiger partial charge on any atom is 0.122 e. The second kappa shape index (κ2) is 4.58. The maximum atomic E-state index is 9.65. The monoisotopic (exact) mass is 278 g/mol. The highest BCUT2D eigenvalue weighted by Gasteiger charge is 2.03. The molecular weight excluding hydrogens is 268 g/mol. The van der Waals surface area contributed by atoms with Crippen molar-refractivity contribution in [1.82, 2.24) is 0 Å². The van der Waals surface area contributed by atoms with Gasteiger partial charge in [-0.25, -0.2) is 0 Å². The quantitative estimate of drug-likeness (QED) is 0.883. The number of rotatable bonds is 2. The largest absolute Gasteiger partial charge is 0.508 e. The van der Waals surface area contributed by atoms with Crippen LogP contribution in [-0.2, 0) is 6.42 Å². The number of hydrogen-bond donors (Lipinski definition) is 2. The van der Waals surface area contributed by atoms with Gasteiger partial charge >= 0.3 is 0 Å². The van der Waals surface area contributed by atoms with Crippen LogP contribution in [0.25, 0.3) is 0 Å². The number of benzene rings is 2. The van der Waals surface area contributed by atoms with Crippen LogP contribution in [0.2, 0.25) is 0 Å². The van der Waals surface area contributed by atoms with Crippen LogP contribution in [0.15, 0.2) is 46.9 Å². The van der Waals surface area contributed by atoms with Crippen LogP contribution in [-0.4, -0.2) is 10.2 Å². The summed E-state index contributed by atoms with van der Waals surface area (Å²) in [4.78, 5) is 0. The molecule has 0 radical (unpaired) electrons. The third kappa shape index (κ3) is 2.55. The lowest BCUT2D eigenvalue weighted by Crippen LogP contribution is -1.88. The first-order valence-electron chi connectivity index (χ1n) is 4.90. The Kier molecular flexibility index (Phi) is 3.15. The summed E-state index contributed by atoms with van der Waals surface area (Å²) in [7, 11) is 0. The van der Waals surface area contributed by atoms with Gasteiger partial charge in [0.15, 0.2) is 0 Å². The van der Waals surface area contributed by atoms with E-state index >= 15 is 0 Å². The first-order chi connectivity index (χ1) is 7.65. The van der Waals surface area contributed by atoms with Gasteiger partial charge in [0.2, 0.25) is 0 Å². The zero-order valence-electron chi connectivity index (χ0n) is 8.52. The molecule has 0 aliphatic carbocycles. The molecule has 2 N–H and O–H groups in total. The van der Waals surface area contributed by atoms with Gasteiger partial charge in [0.25, 0.3) is 0 Å². The third-order valence-electron chi connectivity index (χ3n) is 2.35. The first kappa shape index (κ1) is 11.0. The molecule has 0 atom stereocenters. The molecule has 0 aliphatic rings. The smallest absolute Gasteiger partial charge is 0.122 e. The van der Waals surface area contributed by atoms with Crippen molar-refractivity contribution in [2.75, 3.05) is 0 Å². The van der Waals surface area contributed by atoms with Gasteiger partial charge in [-0.05, 0) is 29.3 Å². The zero-order valence-corrected chi connectivity index (χ0v) is 10.1. The Balaban J connectivity index is 2.27. The van der Waals surface area contributed by atoms with Crippen molar-refractivity contribution in [1.29, 1.82) is 0 Å². The SMILES string of the molecule is Oc1ccc(Cc2cccc(Br)c2)c(O)c1. The van der Waals surface area contributed by atoms with Crippen molar-refractivity contribution >= 4 is 15.9 Å². The van der Waals surface area contributed by atoms with Crippen LogP contribution in [0, 0.1) is 0 Å². The van der Waals surface area contributed by atoms with E-state index in [4.69, 9.17) is 0 Å². The van der Waals surface area contributed by atoms with Crippen LogP contribution >= 0.6 is 15.9 Å². The lowest BCUT2D eigenvalue weighted by atomic mass is 10.0. The summed E-state index contributed by atoms with van der Waals surface area (Å²) >= 11 is 3.40. The molecule has 82 valence electrons. The fourth-order valence-corrected chi connectivity index (χ4v) is 2.02. The standard InChI is InChI=1S/C13H11BrO2/c14-11-3-1-2-9(7-11)6-10-4-5-12(15)8-13(10)16/h1-5,7-8,15-16H,6H2. The normalized spacial score (nSPS) is 10.3. The minimum absolute atomic E-state index is 0.0792. The van der Waals surface area contributed by atoms with E-state index in [1.165, 1.54) is 6.07 Å². The molecule has 2 aromatic rings. The van der Waals surface area contributed by atoms with Gasteiger partial charge in [-0.2, -0.15) is 0 Å². The molecule has 3 heteroatoms. The molecule has 2 nitrogen and oxygen atoms in total. The highest BCUT2D eigenvalue weighted by atomic mass is 79.9. The van der Waals surface area contributed by atoms with Crippen molar-refractivity contribution in [3.8, 4) is 11.5 Å². The Labute approximate surface area is 102 Å². The van der Waals surface area contributed by atoms with E-state index < -0.39 is 0 Å². The Morgan fingerprint density at radius 2 is 1.81 bits per heavy atom. The van der Waals surface area contributed by atoms with E-state index in [-0.39, 0.29) is 11.5 Å². The summed E-state index contributed by atoms with van der Waals surface area (Å²) in [6.07, 6.45) is 0.644. The molecule has 0 aliphatic heterocycles. The first-order valence-corrected chi connectivity index (χ1v) is 5.70. The van der Waals surface area contributed by atoms with E-state index in [1.807, 2.05) is 24.3 Å². The van der Waals surface area contributed by atoms with Crippen molar-refractivity contribution < 1.29 is 10.2 Å². The Bertz CT molecular complexity index is 509. The molecule has 0 amide bonds. The number of phenolic OH excluding ortho intramolecular Hbond substituents is 2. The summed E-state index contributed by atoms with van der Waals surface area (Å²) < 4.78 is 1.02. The molecule has 0 aromatic heterocycles. The summed E-state index contributed by atoms with van der Waals surface area (Å²) in [5.41, 5.74) is 1.91. The van der Waals surface area contributed by atoms with Crippen LogP contribution in [0.1, 0.15) is 11.1 Å². The van der Waals surface area contributed by atoms with Crippen molar-refractivity contribution in [3.05, 3.63) is 58.1 Å². The van der Waals surface area contributed by atoms with Gasteiger partial charge in [-0.15, -0.1) is 0 Å². The fourth-order valence-electron chi connectivity index (χ4n) is 1.57. The fraction of sp³-hybridized carbons (Fsp3) is 0.0769. The van der Waals surface area contributed by atoms with Gasteiger partial charge in [-0.1, -0.05) is 34.1 Å². The highest BCUT2D eigenvalue weighted by molar-refractivity contribution is 9.10. The van der Waals surface area contributed by atoms with Crippen molar-refractivity contribution in [3.63, 3.8) is 0 Å². The van der Waals surface area contributed by atoms with Gasteiger partial charge in [0.1, 0.15) is 11.5 Å².